The normalized spacial score (nSPS) is 11.3. The highest BCUT2D eigenvalue weighted by Gasteiger charge is 2.16. The lowest BCUT2D eigenvalue weighted by Crippen LogP contribution is -2.03. The third-order valence-corrected chi connectivity index (χ3v) is 5.91. The smallest absolute Gasteiger partial charge is 0.123 e. The minimum Gasteiger partial charge on any atom is -0.338 e. The predicted octanol–water partition coefficient (Wildman–Crippen LogP) is 6.23. The maximum Gasteiger partial charge on any atom is 0.123 e. The van der Waals surface area contributed by atoms with Crippen molar-refractivity contribution in [2.24, 2.45) is 0 Å². The molecule has 2 aromatic heterocycles. The number of aromatic nitrogens is 2. The van der Waals surface area contributed by atoms with Gasteiger partial charge in [0, 0.05) is 34.3 Å². The molecule has 0 fully saturated rings. The molecule has 0 spiro atoms. The van der Waals surface area contributed by atoms with Crippen molar-refractivity contribution in [1.29, 1.82) is 0 Å². The molecule has 0 aliphatic heterocycles. The second-order valence-corrected chi connectivity index (χ2v) is 7.59. The molecule has 27 heavy (non-hydrogen) atoms. The van der Waals surface area contributed by atoms with E-state index in [-0.39, 0.29) is 5.82 Å². The maximum absolute atomic E-state index is 13.3. The first-order valence-corrected chi connectivity index (χ1v) is 10.1. The lowest BCUT2D eigenvalue weighted by molar-refractivity contribution is 0.626. The number of hydrogen-bond donors (Lipinski definition) is 0. The van der Waals surface area contributed by atoms with Crippen LogP contribution in [0.1, 0.15) is 16.8 Å². The molecule has 0 N–H and O–H groups in total. The van der Waals surface area contributed by atoms with Crippen molar-refractivity contribution in [3.63, 3.8) is 0 Å². The number of nitrogens with zero attached hydrogens (tertiary/aromatic N) is 2. The monoisotopic (exact) mass is 376 g/mol. The van der Waals surface area contributed by atoms with Crippen LogP contribution in [0.25, 0.3) is 22.2 Å². The van der Waals surface area contributed by atoms with Gasteiger partial charge in [-0.3, -0.25) is 4.98 Å². The molecule has 0 radical (unpaired) electrons. The average molecular weight is 376 g/mol. The zero-order valence-electron chi connectivity index (χ0n) is 15.7. The van der Waals surface area contributed by atoms with Crippen LogP contribution in [-0.2, 0) is 6.54 Å². The topological polar surface area (TPSA) is 17.8 Å². The molecule has 0 unspecified atom stereocenters. The van der Waals surface area contributed by atoms with Gasteiger partial charge in [-0.1, -0.05) is 24.3 Å². The Morgan fingerprint density at radius 1 is 0.963 bits per heavy atom. The Balaban J connectivity index is 1.90. The van der Waals surface area contributed by atoms with Crippen LogP contribution in [0, 0.1) is 19.7 Å². The van der Waals surface area contributed by atoms with E-state index >= 15 is 0 Å². The quantitative estimate of drug-likeness (QED) is 0.393. The van der Waals surface area contributed by atoms with E-state index in [1.54, 1.807) is 11.8 Å². The van der Waals surface area contributed by atoms with Crippen LogP contribution >= 0.6 is 11.8 Å². The van der Waals surface area contributed by atoms with E-state index in [9.17, 15) is 4.39 Å². The zero-order valence-corrected chi connectivity index (χ0v) is 16.5. The van der Waals surface area contributed by atoms with Crippen LogP contribution in [0.4, 0.5) is 4.39 Å². The Bertz CT molecular complexity index is 1100. The van der Waals surface area contributed by atoms with Crippen molar-refractivity contribution in [2.75, 3.05) is 6.26 Å². The van der Waals surface area contributed by atoms with Crippen LogP contribution in [0.3, 0.4) is 0 Å². The number of halogens is 1. The van der Waals surface area contributed by atoms with Crippen molar-refractivity contribution >= 4 is 22.7 Å². The fourth-order valence-electron chi connectivity index (χ4n) is 3.53. The second-order valence-electron chi connectivity index (χ2n) is 6.71. The van der Waals surface area contributed by atoms with Gasteiger partial charge < -0.3 is 4.57 Å². The summed E-state index contributed by atoms with van der Waals surface area (Å²) in [5.74, 6) is -0.208. The first-order valence-electron chi connectivity index (χ1n) is 8.91. The van der Waals surface area contributed by atoms with Crippen molar-refractivity contribution in [1.82, 2.24) is 9.55 Å². The highest BCUT2D eigenvalue weighted by atomic mass is 32.2. The average Bonchev–Trinajstić information content (AvgIpc) is 2.95. The summed E-state index contributed by atoms with van der Waals surface area (Å²) < 4.78 is 15.6. The number of fused-ring (bicyclic) bond motifs is 1. The summed E-state index contributed by atoms with van der Waals surface area (Å²) >= 11 is 1.73. The number of thioether (sulfide) groups is 1. The van der Waals surface area contributed by atoms with Crippen molar-refractivity contribution in [2.45, 2.75) is 25.3 Å². The maximum atomic E-state index is 13.3. The molecule has 0 saturated heterocycles. The van der Waals surface area contributed by atoms with Gasteiger partial charge in [-0.25, -0.2) is 4.39 Å². The van der Waals surface area contributed by atoms with Gasteiger partial charge in [0.1, 0.15) is 5.82 Å². The number of pyridine rings is 1. The summed E-state index contributed by atoms with van der Waals surface area (Å²) in [4.78, 5) is 5.95. The third kappa shape index (κ3) is 3.26. The Hall–Kier alpha value is -2.59. The minimum atomic E-state index is -0.208. The van der Waals surface area contributed by atoms with Crippen LogP contribution in [0.2, 0.25) is 0 Å². The lowest BCUT2D eigenvalue weighted by atomic mass is 10.1. The van der Waals surface area contributed by atoms with Crippen molar-refractivity contribution in [3.05, 3.63) is 83.4 Å². The van der Waals surface area contributed by atoms with Crippen molar-refractivity contribution < 1.29 is 4.39 Å². The van der Waals surface area contributed by atoms with Crippen molar-refractivity contribution in [3.8, 4) is 11.3 Å². The molecule has 0 atom stereocenters. The number of aryl methyl sites for hydroxylation is 1. The minimum absolute atomic E-state index is 0.208. The van der Waals surface area contributed by atoms with E-state index in [4.69, 9.17) is 4.98 Å². The van der Waals surface area contributed by atoms with Crippen LogP contribution in [0.5, 0.6) is 0 Å². The molecule has 4 heteroatoms. The zero-order chi connectivity index (χ0) is 19.0. The largest absolute Gasteiger partial charge is 0.338 e. The van der Waals surface area contributed by atoms with E-state index in [2.05, 4.69) is 55.0 Å². The summed E-state index contributed by atoms with van der Waals surface area (Å²) in [6.07, 6.45) is 3.96. The van der Waals surface area contributed by atoms with E-state index in [1.165, 1.54) is 33.7 Å². The molecule has 2 nitrogen and oxygen atoms in total. The molecular formula is C23H21FN2S. The molecule has 0 saturated carbocycles. The molecule has 2 heterocycles. The van der Waals surface area contributed by atoms with Gasteiger partial charge in [0.2, 0.25) is 0 Å². The van der Waals surface area contributed by atoms with Crippen LogP contribution < -0.4 is 0 Å². The fraction of sp³-hybridized carbons (Fsp3) is 0.174. The van der Waals surface area contributed by atoms with Gasteiger partial charge in [0.15, 0.2) is 0 Å². The van der Waals surface area contributed by atoms with Gasteiger partial charge in [0.05, 0.1) is 11.2 Å². The molecule has 136 valence electrons. The summed E-state index contributed by atoms with van der Waals surface area (Å²) in [7, 11) is 0. The highest BCUT2D eigenvalue weighted by Crippen LogP contribution is 2.33. The molecule has 0 aliphatic rings. The first kappa shape index (κ1) is 17.8. The third-order valence-electron chi connectivity index (χ3n) is 5.16. The van der Waals surface area contributed by atoms with E-state index in [0.29, 0.717) is 6.54 Å². The fourth-order valence-corrected chi connectivity index (χ4v) is 3.93. The summed E-state index contributed by atoms with van der Waals surface area (Å²) in [6.45, 7) is 4.98. The molecule has 4 rings (SSSR count). The Labute approximate surface area is 163 Å². The molecule has 2 aromatic carbocycles. The molecule has 0 aliphatic carbocycles. The Morgan fingerprint density at radius 2 is 1.67 bits per heavy atom. The molecular weight excluding hydrogens is 355 g/mol. The van der Waals surface area contributed by atoms with E-state index in [0.717, 1.165) is 22.3 Å². The Morgan fingerprint density at radius 3 is 2.33 bits per heavy atom. The standard InChI is InChI=1S/C23H21FN2S/c1-15-16(2)26(14-17-4-8-19(24)9-5-17)23-21(15)12-13-25-22(23)18-6-10-20(27-3)11-7-18/h4-13H,14H2,1-3H3. The van der Waals surface area contributed by atoms with Gasteiger partial charge in [0.25, 0.3) is 0 Å². The molecule has 0 bridgehead atoms. The second kappa shape index (κ2) is 7.20. The predicted molar refractivity (Wildman–Crippen MR) is 112 cm³/mol. The lowest BCUT2D eigenvalue weighted by Gasteiger charge is -2.12. The first-order chi connectivity index (χ1) is 13.1. The number of rotatable bonds is 4. The summed E-state index contributed by atoms with van der Waals surface area (Å²) in [5.41, 5.74) is 6.77. The van der Waals surface area contributed by atoms with E-state index < -0.39 is 0 Å². The van der Waals surface area contributed by atoms with Gasteiger partial charge in [-0.05, 0) is 61.6 Å². The number of hydrogen-bond acceptors (Lipinski definition) is 2. The molecule has 0 amide bonds. The number of benzene rings is 2. The van der Waals surface area contributed by atoms with Gasteiger partial charge in [-0.15, -0.1) is 11.8 Å². The highest BCUT2D eigenvalue weighted by molar-refractivity contribution is 7.98. The van der Waals surface area contributed by atoms with Gasteiger partial charge in [-0.2, -0.15) is 0 Å². The summed E-state index contributed by atoms with van der Waals surface area (Å²) in [5, 5.41) is 1.22. The van der Waals surface area contributed by atoms with E-state index in [1.807, 2.05) is 18.3 Å². The van der Waals surface area contributed by atoms with Crippen LogP contribution in [-0.4, -0.2) is 15.8 Å². The molecule has 4 aromatic rings. The Kier molecular flexibility index (Phi) is 4.75. The SMILES string of the molecule is CSc1ccc(-c2nccc3c(C)c(C)n(Cc4ccc(F)cc4)c23)cc1. The summed E-state index contributed by atoms with van der Waals surface area (Å²) in [6, 6.07) is 17.3. The van der Waals surface area contributed by atoms with Crippen LogP contribution in [0.15, 0.2) is 65.7 Å². The van der Waals surface area contributed by atoms with Gasteiger partial charge >= 0.3 is 0 Å².